The minimum Gasteiger partial charge on any atom is -0.467 e. The number of urea groups is 1. The van der Waals surface area contributed by atoms with Crippen LogP contribution < -0.4 is 10.2 Å². The maximum absolute atomic E-state index is 12.6. The van der Waals surface area contributed by atoms with Crippen LogP contribution >= 0.6 is 0 Å². The number of aliphatic hydroxyl groups is 1. The fourth-order valence-electron chi connectivity index (χ4n) is 3.03. The number of nitrogens with zero attached hydrogens (tertiary/aromatic N) is 4. The zero-order valence-corrected chi connectivity index (χ0v) is 14.4. The maximum atomic E-state index is 12.6. The largest absolute Gasteiger partial charge is 0.467 e. The molecule has 0 bridgehead atoms. The summed E-state index contributed by atoms with van der Waals surface area (Å²) in [5.41, 5.74) is 0. The molecule has 1 aliphatic rings. The number of hydrogen-bond donors (Lipinski definition) is 2. The topological polar surface area (TPSA) is 94.7 Å². The van der Waals surface area contributed by atoms with Gasteiger partial charge in [-0.25, -0.2) is 9.78 Å². The van der Waals surface area contributed by atoms with Gasteiger partial charge in [0.05, 0.1) is 6.26 Å². The van der Waals surface area contributed by atoms with Gasteiger partial charge in [0, 0.05) is 39.3 Å². The van der Waals surface area contributed by atoms with E-state index in [0.717, 1.165) is 18.7 Å². The third kappa shape index (κ3) is 4.08. The van der Waals surface area contributed by atoms with Gasteiger partial charge in [-0.3, -0.25) is 5.32 Å². The smallest absolute Gasteiger partial charge is 0.324 e. The quantitative estimate of drug-likeness (QED) is 0.863. The van der Waals surface area contributed by atoms with Crippen molar-refractivity contribution in [2.45, 2.75) is 31.4 Å². The van der Waals surface area contributed by atoms with Crippen LogP contribution in [0, 0.1) is 0 Å². The summed E-state index contributed by atoms with van der Waals surface area (Å²) >= 11 is 0. The first-order valence-corrected chi connectivity index (χ1v) is 8.34. The van der Waals surface area contributed by atoms with Crippen molar-refractivity contribution < 1.29 is 14.3 Å². The number of likely N-dealkylation sites (tertiary alicyclic amines) is 1. The molecule has 1 aliphatic heterocycles. The summed E-state index contributed by atoms with van der Waals surface area (Å²) in [6, 6.07) is 4.97. The fourth-order valence-corrected chi connectivity index (χ4v) is 3.03. The Morgan fingerprint density at radius 3 is 3.08 bits per heavy atom. The minimum absolute atomic E-state index is 0.0443. The highest BCUT2D eigenvalue weighted by atomic mass is 16.4. The Morgan fingerprint density at radius 1 is 1.52 bits per heavy atom. The van der Waals surface area contributed by atoms with Crippen LogP contribution in [-0.4, -0.2) is 52.7 Å². The van der Waals surface area contributed by atoms with Gasteiger partial charge in [0.2, 0.25) is 5.95 Å². The second kappa shape index (κ2) is 7.52. The highest BCUT2D eigenvalue weighted by molar-refractivity contribution is 5.88. The lowest BCUT2D eigenvalue weighted by molar-refractivity contribution is 0.110. The minimum atomic E-state index is -0.721. The molecule has 3 heterocycles. The van der Waals surface area contributed by atoms with Crippen molar-refractivity contribution in [1.82, 2.24) is 14.9 Å². The summed E-state index contributed by atoms with van der Waals surface area (Å²) < 4.78 is 5.24. The first-order chi connectivity index (χ1) is 12.0. The molecule has 2 atom stereocenters. The first kappa shape index (κ1) is 17.2. The normalized spacial score (nSPS) is 18.2. The maximum Gasteiger partial charge on any atom is 0.324 e. The molecule has 25 heavy (non-hydrogen) atoms. The molecular weight excluding hydrogens is 322 g/mol. The van der Waals surface area contributed by atoms with Crippen LogP contribution in [0.25, 0.3) is 0 Å². The Balaban J connectivity index is 1.63. The van der Waals surface area contributed by atoms with Crippen molar-refractivity contribution in [3.05, 3.63) is 36.4 Å². The molecule has 8 nitrogen and oxygen atoms in total. The molecule has 0 aromatic carbocycles. The Bertz CT molecular complexity index is 704. The fraction of sp³-hybridized carbons (Fsp3) is 0.471. The number of amides is 2. The van der Waals surface area contributed by atoms with Gasteiger partial charge in [0.15, 0.2) is 0 Å². The molecule has 3 rings (SSSR count). The van der Waals surface area contributed by atoms with E-state index in [4.69, 9.17) is 4.42 Å². The van der Waals surface area contributed by atoms with Gasteiger partial charge in [-0.15, -0.1) is 0 Å². The summed E-state index contributed by atoms with van der Waals surface area (Å²) in [6.45, 7) is 0.648. The Morgan fingerprint density at radius 2 is 2.36 bits per heavy atom. The third-order valence-electron chi connectivity index (χ3n) is 4.32. The molecule has 2 aromatic heterocycles. The van der Waals surface area contributed by atoms with Crippen molar-refractivity contribution in [3.63, 3.8) is 0 Å². The number of carbonyl (C=O) groups is 1. The number of nitrogens with one attached hydrogen (secondary N) is 1. The Kier molecular flexibility index (Phi) is 5.18. The van der Waals surface area contributed by atoms with Crippen LogP contribution in [0.5, 0.6) is 0 Å². The molecule has 1 fully saturated rings. The number of anilines is 2. The highest BCUT2D eigenvalue weighted by Gasteiger charge is 2.31. The van der Waals surface area contributed by atoms with E-state index in [2.05, 4.69) is 15.3 Å². The number of aromatic nitrogens is 2. The second-order valence-corrected chi connectivity index (χ2v) is 6.32. The molecule has 2 unspecified atom stereocenters. The average Bonchev–Trinajstić information content (AvgIpc) is 3.26. The van der Waals surface area contributed by atoms with Crippen LogP contribution in [0.3, 0.4) is 0 Å². The van der Waals surface area contributed by atoms with Gasteiger partial charge in [-0.05, 0) is 31.0 Å². The number of furan rings is 1. The van der Waals surface area contributed by atoms with Crippen molar-refractivity contribution in [2.24, 2.45) is 0 Å². The predicted molar refractivity (Wildman–Crippen MR) is 93.4 cm³/mol. The van der Waals surface area contributed by atoms with E-state index in [1.54, 1.807) is 29.3 Å². The Hall–Kier alpha value is -2.61. The molecule has 2 N–H and O–H groups in total. The lowest BCUT2D eigenvalue weighted by Crippen LogP contribution is -2.39. The summed E-state index contributed by atoms with van der Waals surface area (Å²) in [4.78, 5) is 24.6. The molecule has 2 aromatic rings. The molecule has 8 heteroatoms. The predicted octanol–water partition coefficient (Wildman–Crippen LogP) is 2.26. The summed E-state index contributed by atoms with van der Waals surface area (Å²) in [6.07, 6.45) is 4.62. The average molecular weight is 345 g/mol. The van der Waals surface area contributed by atoms with Crippen LogP contribution in [0.2, 0.25) is 0 Å². The SMILES string of the molecule is CN(C)c1ccnc(NC(=O)N2CCCC2CC(O)c2ccco2)n1. The zero-order valence-electron chi connectivity index (χ0n) is 14.4. The van der Waals surface area contributed by atoms with Gasteiger partial charge < -0.3 is 19.3 Å². The van der Waals surface area contributed by atoms with Crippen LogP contribution in [0.4, 0.5) is 16.6 Å². The van der Waals surface area contributed by atoms with E-state index in [1.165, 1.54) is 6.26 Å². The molecule has 1 saturated heterocycles. The van der Waals surface area contributed by atoms with E-state index in [1.807, 2.05) is 19.0 Å². The number of rotatable bonds is 5. The van der Waals surface area contributed by atoms with E-state index in [-0.39, 0.29) is 18.0 Å². The molecule has 0 spiro atoms. The van der Waals surface area contributed by atoms with E-state index in [9.17, 15) is 9.90 Å². The standard InChI is InChI=1S/C17H23N5O3/c1-21(2)15-7-8-18-16(19-15)20-17(24)22-9-3-5-12(22)11-13(23)14-6-4-10-25-14/h4,6-8,10,12-13,23H,3,5,9,11H2,1-2H3,(H,18,19,20,24). The number of hydrogen-bond acceptors (Lipinski definition) is 6. The lowest BCUT2D eigenvalue weighted by atomic mass is 10.1. The van der Waals surface area contributed by atoms with Gasteiger partial charge in [-0.2, -0.15) is 4.98 Å². The monoisotopic (exact) mass is 345 g/mol. The lowest BCUT2D eigenvalue weighted by Gasteiger charge is -2.26. The van der Waals surface area contributed by atoms with Gasteiger partial charge in [-0.1, -0.05) is 0 Å². The molecule has 0 radical (unpaired) electrons. The zero-order chi connectivity index (χ0) is 17.8. The summed E-state index contributed by atoms with van der Waals surface area (Å²) in [5, 5.41) is 13.0. The number of carbonyl (C=O) groups excluding carboxylic acids is 1. The summed E-state index contributed by atoms with van der Waals surface area (Å²) in [7, 11) is 3.75. The third-order valence-corrected chi connectivity index (χ3v) is 4.32. The van der Waals surface area contributed by atoms with Crippen molar-refractivity contribution in [1.29, 1.82) is 0 Å². The molecule has 2 amide bonds. The van der Waals surface area contributed by atoms with E-state index in [0.29, 0.717) is 18.7 Å². The van der Waals surface area contributed by atoms with Crippen LogP contribution in [-0.2, 0) is 0 Å². The van der Waals surface area contributed by atoms with Crippen molar-refractivity contribution >= 4 is 17.8 Å². The summed E-state index contributed by atoms with van der Waals surface area (Å²) in [5.74, 6) is 1.51. The molecule has 0 aliphatic carbocycles. The van der Waals surface area contributed by atoms with Crippen LogP contribution in [0.15, 0.2) is 35.1 Å². The van der Waals surface area contributed by atoms with Crippen LogP contribution in [0.1, 0.15) is 31.1 Å². The van der Waals surface area contributed by atoms with Gasteiger partial charge >= 0.3 is 6.03 Å². The molecule has 0 saturated carbocycles. The van der Waals surface area contributed by atoms with Crippen molar-refractivity contribution in [2.75, 3.05) is 30.9 Å². The highest BCUT2D eigenvalue weighted by Crippen LogP contribution is 2.28. The van der Waals surface area contributed by atoms with E-state index >= 15 is 0 Å². The molecule has 134 valence electrons. The molecular formula is C17H23N5O3. The van der Waals surface area contributed by atoms with Gasteiger partial charge in [0.1, 0.15) is 17.7 Å². The Labute approximate surface area is 146 Å². The number of aliphatic hydroxyl groups excluding tert-OH is 1. The van der Waals surface area contributed by atoms with E-state index < -0.39 is 6.10 Å². The second-order valence-electron chi connectivity index (χ2n) is 6.32. The van der Waals surface area contributed by atoms with Crippen molar-refractivity contribution in [3.8, 4) is 0 Å². The van der Waals surface area contributed by atoms with Gasteiger partial charge in [0.25, 0.3) is 0 Å². The first-order valence-electron chi connectivity index (χ1n) is 8.34.